The quantitative estimate of drug-likeness (QED) is 0.333. The van der Waals surface area contributed by atoms with Crippen LogP contribution in [0.15, 0.2) is 82.6 Å². The van der Waals surface area contributed by atoms with E-state index in [1.165, 1.54) is 17.7 Å². The largest absolute Gasteiger partial charge is 0.384 e. The molecule has 3 aromatic carbocycles. The number of nitrogen functional groups attached to an aromatic ring is 1. The summed E-state index contributed by atoms with van der Waals surface area (Å²) in [6.07, 6.45) is 1.01. The van der Waals surface area contributed by atoms with E-state index in [2.05, 4.69) is 18.8 Å². The molecule has 0 radical (unpaired) electrons. The highest BCUT2D eigenvalue weighted by molar-refractivity contribution is 7.92. The van der Waals surface area contributed by atoms with E-state index in [1.54, 1.807) is 10.6 Å². The van der Waals surface area contributed by atoms with Crippen LogP contribution < -0.4 is 5.73 Å². The molecule has 0 amide bonds. The summed E-state index contributed by atoms with van der Waals surface area (Å²) >= 11 is 0. The number of benzene rings is 3. The zero-order chi connectivity index (χ0) is 24.0. The summed E-state index contributed by atoms with van der Waals surface area (Å²) in [7, 11) is -4.11. The lowest BCUT2D eigenvalue weighted by Gasteiger charge is -2.12. The van der Waals surface area contributed by atoms with Crippen LogP contribution in [0.3, 0.4) is 0 Å². The molecule has 34 heavy (non-hydrogen) atoms. The number of halogens is 1. The van der Waals surface area contributed by atoms with Gasteiger partial charge in [-0.15, -0.1) is 0 Å². The molecule has 6 nitrogen and oxygen atoms in total. The van der Waals surface area contributed by atoms with Gasteiger partial charge in [0.1, 0.15) is 22.0 Å². The number of hydrogen-bond acceptors (Lipinski definition) is 5. The predicted molar refractivity (Wildman–Crippen MR) is 131 cm³/mol. The molecule has 2 aromatic heterocycles. The van der Waals surface area contributed by atoms with E-state index < -0.39 is 15.7 Å². The number of hydrogen-bond donors (Lipinski definition) is 1. The van der Waals surface area contributed by atoms with Gasteiger partial charge in [-0.2, -0.15) is 0 Å². The van der Waals surface area contributed by atoms with E-state index in [4.69, 9.17) is 10.7 Å². The van der Waals surface area contributed by atoms with Crippen LogP contribution in [-0.2, 0) is 9.84 Å². The van der Waals surface area contributed by atoms with Crippen LogP contribution in [0.25, 0.3) is 27.9 Å². The Bertz CT molecular complexity index is 1630. The van der Waals surface area contributed by atoms with E-state index in [0.29, 0.717) is 28.3 Å². The van der Waals surface area contributed by atoms with E-state index in [1.807, 2.05) is 42.5 Å². The van der Waals surface area contributed by atoms with Gasteiger partial charge in [-0.1, -0.05) is 38.1 Å². The average molecular weight is 475 g/mol. The molecule has 0 fully saturated rings. The maximum absolute atomic E-state index is 13.7. The summed E-state index contributed by atoms with van der Waals surface area (Å²) in [6, 6.07) is 19.7. The fourth-order valence-corrected chi connectivity index (χ4v) is 5.57. The molecule has 0 saturated carbocycles. The maximum atomic E-state index is 13.7. The molecule has 2 heterocycles. The Kier molecular flexibility index (Phi) is 5.32. The Morgan fingerprint density at radius 2 is 1.56 bits per heavy atom. The van der Waals surface area contributed by atoms with Crippen molar-refractivity contribution in [3.8, 4) is 5.69 Å². The molecule has 0 aliphatic heterocycles. The Hall–Kier alpha value is -3.78. The van der Waals surface area contributed by atoms with Gasteiger partial charge in [0.2, 0.25) is 9.84 Å². The van der Waals surface area contributed by atoms with Gasteiger partial charge in [-0.05, 0) is 66.4 Å². The molecule has 0 aliphatic carbocycles. The van der Waals surface area contributed by atoms with Gasteiger partial charge in [0.25, 0.3) is 0 Å². The first-order chi connectivity index (χ1) is 16.3. The first kappa shape index (κ1) is 22.0. The molecule has 5 aromatic rings. The topological polar surface area (TPSA) is 90.9 Å². The number of fused-ring (bicyclic) bond motifs is 2. The van der Waals surface area contributed by atoms with Crippen molar-refractivity contribution in [3.05, 3.63) is 84.2 Å². The van der Waals surface area contributed by atoms with Crippen LogP contribution in [0.5, 0.6) is 0 Å². The molecule has 172 valence electrons. The van der Waals surface area contributed by atoms with Gasteiger partial charge in [0.15, 0.2) is 5.65 Å². The van der Waals surface area contributed by atoms with E-state index in [0.717, 1.165) is 18.6 Å². The lowest BCUT2D eigenvalue weighted by molar-refractivity contribution is 0.595. The van der Waals surface area contributed by atoms with Crippen molar-refractivity contribution in [2.75, 3.05) is 5.73 Å². The van der Waals surface area contributed by atoms with Crippen LogP contribution in [0.2, 0.25) is 0 Å². The van der Waals surface area contributed by atoms with Crippen LogP contribution >= 0.6 is 0 Å². The Labute approximate surface area is 196 Å². The second kappa shape index (κ2) is 8.22. The van der Waals surface area contributed by atoms with Gasteiger partial charge < -0.3 is 5.73 Å². The van der Waals surface area contributed by atoms with Gasteiger partial charge in [0, 0.05) is 5.69 Å². The minimum Gasteiger partial charge on any atom is -0.384 e. The highest BCUT2D eigenvalue weighted by atomic mass is 32.2. The van der Waals surface area contributed by atoms with Crippen molar-refractivity contribution in [2.24, 2.45) is 0 Å². The second-order valence-electron chi connectivity index (χ2n) is 8.29. The maximum Gasteiger partial charge on any atom is 0.212 e. The highest BCUT2D eigenvalue weighted by Gasteiger charge is 2.30. The third-order valence-corrected chi connectivity index (χ3v) is 8.01. The number of rotatable bonds is 5. The number of nitrogens with zero attached hydrogens (tertiary/aromatic N) is 3. The van der Waals surface area contributed by atoms with Gasteiger partial charge in [-0.3, -0.25) is 4.57 Å². The first-order valence-corrected chi connectivity index (χ1v) is 12.5. The van der Waals surface area contributed by atoms with Crippen LogP contribution in [0.4, 0.5) is 10.2 Å². The Morgan fingerprint density at radius 3 is 2.18 bits per heavy atom. The third kappa shape index (κ3) is 3.51. The summed E-state index contributed by atoms with van der Waals surface area (Å²) in [5, 5.41) is 0. The number of anilines is 1. The van der Waals surface area contributed by atoms with Crippen molar-refractivity contribution in [2.45, 2.75) is 36.0 Å². The molecule has 2 N–H and O–H groups in total. The number of sulfone groups is 1. The Balaban J connectivity index is 1.82. The third-order valence-electron chi connectivity index (χ3n) is 6.18. The molecule has 5 rings (SSSR count). The van der Waals surface area contributed by atoms with Gasteiger partial charge >= 0.3 is 0 Å². The summed E-state index contributed by atoms with van der Waals surface area (Å²) in [5.41, 5.74) is 10.1. The van der Waals surface area contributed by atoms with E-state index in [9.17, 15) is 12.8 Å². The van der Waals surface area contributed by atoms with Crippen molar-refractivity contribution < 1.29 is 12.8 Å². The molecular formula is C26H23FN4O2S. The van der Waals surface area contributed by atoms with Gasteiger partial charge in [0.05, 0.1) is 15.9 Å². The summed E-state index contributed by atoms with van der Waals surface area (Å²) < 4.78 is 42.4. The standard InChI is InChI=1S/C26H23FN4O2S/c1-3-16(2)17-8-12-19(13-9-17)31-25(28)24(34(32,33)20-14-10-18(27)11-15-20)23-26(31)30-22-7-5-4-6-21(22)29-23/h4-16H,3,28H2,1-2H3/t16-/m1/s1. The van der Waals surface area contributed by atoms with Crippen molar-refractivity contribution in [3.63, 3.8) is 0 Å². The van der Waals surface area contributed by atoms with Crippen LogP contribution in [0.1, 0.15) is 31.7 Å². The van der Waals surface area contributed by atoms with E-state index >= 15 is 0 Å². The molecule has 0 spiro atoms. The molecule has 0 saturated heterocycles. The fraction of sp³-hybridized carbons (Fsp3) is 0.154. The minimum absolute atomic E-state index is 0.00548. The fourth-order valence-electron chi connectivity index (χ4n) is 4.08. The second-order valence-corrected chi connectivity index (χ2v) is 10.2. The molecule has 1 atom stereocenters. The molecule has 0 bridgehead atoms. The van der Waals surface area contributed by atoms with Crippen LogP contribution in [-0.4, -0.2) is 23.0 Å². The molecule has 8 heteroatoms. The van der Waals surface area contributed by atoms with Crippen molar-refractivity contribution >= 4 is 37.9 Å². The molecule has 0 unspecified atom stereocenters. The monoisotopic (exact) mass is 474 g/mol. The predicted octanol–water partition coefficient (Wildman–Crippen LogP) is 5.64. The SMILES string of the molecule is CC[C@@H](C)c1ccc(-n2c(N)c(S(=O)(=O)c3ccc(F)cc3)c3nc4ccccc4nc32)cc1. The smallest absolute Gasteiger partial charge is 0.212 e. The molecule has 0 aliphatic rings. The average Bonchev–Trinajstić information content (AvgIpc) is 3.13. The van der Waals surface area contributed by atoms with Gasteiger partial charge in [-0.25, -0.2) is 22.8 Å². The summed E-state index contributed by atoms with van der Waals surface area (Å²) in [4.78, 5) is 9.15. The summed E-state index contributed by atoms with van der Waals surface area (Å²) in [6.45, 7) is 4.28. The minimum atomic E-state index is -4.11. The number of para-hydroxylation sites is 2. The highest BCUT2D eigenvalue weighted by Crippen LogP contribution is 2.37. The first-order valence-electron chi connectivity index (χ1n) is 11.0. The Morgan fingerprint density at radius 1 is 0.941 bits per heavy atom. The zero-order valence-corrected chi connectivity index (χ0v) is 19.6. The zero-order valence-electron chi connectivity index (χ0n) is 18.7. The number of aromatic nitrogens is 3. The van der Waals surface area contributed by atoms with E-state index in [-0.39, 0.29) is 21.1 Å². The lowest BCUT2D eigenvalue weighted by Crippen LogP contribution is -2.07. The number of nitrogens with two attached hydrogens (primary N) is 1. The summed E-state index contributed by atoms with van der Waals surface area (Å²) in [5.74, 6) is -0.126. The lowest BCUT2D eigenvalue weighted by atomic mass is 9.99. The van der Waals surface area contributed by atoms with Crippen molar-refractivity contribution in [1.82, 2.24) is 14.5 Å². The van der Waals surface area contributed by atoms with Crippen LogP contribution in [0, 0.1) is 5.82 Å². The van der Waals surface area contributed by atoms with Crippen molar-refractivity contribution in [1.29, 1.82) is 0 Å². The molecular weight excluding hydrogens is 451 g/mol. The normalized spacial score (nSPS) is 12.9.